The number of nitrogens with zero attached hydrogens (tertiary/aromatic N) is 2. The number of aliphatic hydroxyl groups is 1. The van der Waals surface area contributed by atoms with Gasteiger partial charge in [0, 0.05) is 86.4 Å². The van der Waals surface area contributed by atoms with Crippen LogP contribution < -0.4 is 20.1 Å². The third-order valence-electron chi connectivity index (χ3n) is 15.5. The number of carbonyl (C=O) groups excluding carboxylic acids is 5. The topological polar surface area (TPSA) is 229 Å². The Morgan fingerprint density at radius 3 is 2.28 bits per heavy atom. The molecule has 0 bridgehead atoms. The zero-order chi connectivity index (χ0) is 55.4. The Labute approximate surface area is 451 Å². The summed E-state index contributed by atoms with van der Waals surface area (Å²) in [5.41, 5.74) is -2.08. The molecule has 14 atom stereocenters. The number of pyridine rings is 1. The van der Waals surface area contributed by atoms with Crippen LogP contribution in [0.2, 0.25) is 10.0 Å². The second-order valence-electron chi connectivity index (χ2n) is 20.7. The average molecular weight is 1100 g/mol. The number of rotatable bonds is 18. The number of aromatic nitrogens is 1. The number of methoxy groups -OCH3 is 2. The Balaban J connectivity index is 1.39. The van der Waals surface area contributed by atoms with Crippen molar-refractivity contribution in [1.29, 1.82) is 0 Å². The minimum Gasteiger partial charge on any atom is -0.493 e. The van der Waals surface area contributed by atoms with Gasteiger partial charge in [0.1, 0.15) is 24.1 Å². The minimum atomic E-state index is -1.58. The molecule has 0 aliphatic carbocycles. The number of amides is 1. The average Bonchev–Trinajstić information content (AvgIpc) is 3.39. The van der Waals surface area contributed by atoms with Crippen LogP contribution in [0.15, 0.2) is 30.6 Å². The molecule has 0 radical (unpaired) electrons. The van der Waals surface area contributed by atoms with Gasteiger partial charge in [0.2, 0.25) is 0 Å². The maximum absolute atomic E-state index is 14.8. The summed E-state index contributed by atoms with van der Waals surface area (Å²) in [6.45, 7) is 17.9. The molecule has 4 heterocycles. The van der Waals surface area contributed by atoms with Crippen molar-refractivity contribution in [2.24, 2.45) is 29.6 Å². The molecule has 3 fully saturated rings. The van der Waals surface area contributed by atoms with Gasteiger partial charge in [0.05, 0.1) is 67.2 Å². The first-order chi connectivity index (χ1) is 35.5. The predicted molar refractivity (Wildman–Crippen MR) is 279 cm³/mol. The van der Waals surface area contributed by atoms with Gasteiger partial charge in [-0.1, -0.05) is 57.8 Å². The monoisotopic (exact) mass is 1090 g/mol. The zero-order valence-corrected chi connectivity index (χ0v) is 47.1. The number of Topliss-reactive ketones (excluding diaryl/α,β-unsaturated/α-hetero) is 2. The molecule has 3 N–H and O–H groups in total. The number of alkyl carbamates (subject to hydrolysis) is 1. The van der Waals surface area contributed by atoms with Crippen molar-refractivity contribution in [3.8, 4) is 11.5 Å². The molecule has 3 aliphatic rings. The fourth-order valence-electron chi connectivity index (χ4n) is 10.6. The lowest BCUT2D eigenvalue weighted by Gasteiger charge is -2.48. The van der Waals surface area contributed by atoms with Gasteiger partial charge in [-0.25, -0.2) is 4.79 Å². The van der Waals surface area contributed by atoms with Gasteiger partial charge >= 0.3 is 18.0 Å². The smallest absolute Gasteiger partial charge is 0.407 e. The highest BCUT2D eigenvalue weighted by Gasteiger charge is 2.54. The summed E-state index contributed by atoms with van der Waals surface area (Å²) in [7, 11) is 4.73. The van der Waals surface area contributed by atoms with Crippen molar-refractivity contribution in [2.45, 2.75) is 148 Å². The summed E-state index contributed by atoms with van der Waals surface area (Å²) in [6.07, 6.45) is -2.83. The van der Waals surface area contributed by atoms with Crippen LogP contribution in [0.5, 0.6) is 11.5 Å². The first kappa shape index (κ1) is 61.7. The van der Waals surface area contributed by atoms with E-state index in [2.05, 4.69) is 15.6 Å². The van der Waals surface area contributed by atoms with Gasteiger partial charge in [-0.05, 0) is 78.6 Å². The summed E-state index contributed by atoms with van der Waals surface area (Å²) >= 11 is 12.5. The fourth-order valence-corrected chi connectivity index (χ4v) is 11.1. The molecular formula is C54H80Cl2N4O15. The van der Waals surface area contributed by atoms with Gasteiger partial charge < -0.3 is 58.4 Å². The number of carbonyl (C=O) groups is 5. The van der Waals surface area contributed by atoms with Crippen LogP contribution in [-0.2, 0) is 54.0 Å². The van der Waals surface area contributed by atoms with Gasteiger partial charge in [-0.2, -0.15) is 0 Å². The highest BCUT2D eigenvalue weighted by Crippen LogP contribution is 2.42. The number of benzene rings is 1. The van der Waals surface area contributed by atoms with Crippen LogP contribution in [0, 0.1) is 29.6 Å². The van der Waals surface area contributed by atoms with Gasteiger partial charge in [-0.15, -0.1) is 0 Å². The molecule has 1 aromatic carbocycles. The first-order valence-corrected chi connectivity index (χ1v) is 26.8. The standard InChI is InChI=1S/C54H80Cl2N4O15/c1-13-44-54(9,75-52(66)59-17-14-20-70-43-24-36(15-16-42(43)67-11)41(61)25-37-38(55)27-58-28-39(37)56)35(7)32(4)46(63)30(2)26-53(8,68-12)49(74-51-47(64)40(57-10)23-31(3)71-51)33(5)48(34(6)50(65)72-44)73-45(62)29-60-18-21-69-22-19-60/h15-16,24,27-28,30-35,40,44,47-49,51,57,64H,13-14,17-23,25-26,29H2,1-12H3,(H,59,66)/t30-,31-,32-,33+,34-,35-,40+,44-,47-,48+,49-,51+,53-,54+/m1/s1. The number of halogens is 2. The maximum atomic E-state index is 14.8. The Morgan fingerprint density at radius 2 is 1.65 bits per heavy atom. The normalized spacial score (nSPS) is 32.4. The molecule has 1 amide bonds. The van der Waals surface area contributed by atoms with Crippen LogP contribution >= 0.6 is 23.2 Å². The summed E-state index contributed by atoms with van der Waals surface area (Å²) in [5, 5.41) is 18.0. The molecule has 19 nitrogen and oxygen atoms in total. The largest absolute Gasteiger partial charge is 0.493 e. The number of likely N-dealkylation sites (N-methyl/N-ethyl adjacent to an activating group) is 1. The van der Waals surface area contributed by atoms with Crippen molar-refractivity contribution in [2.75, 3.05) is 67.3 Å². The van der Waals surface area contributed by atoms with Gasteiger partial charge in [0.25, 0.3) is 0 Å². The van der Waals surface area contributed by atoms with Crippen LogP contribution in [0.1, 0.15) is 104 Å². The van der Waals surface area contributed by atoms with Crippen LogP contribution in [0.3, 0.4) is 0 Å². The Hall–Kier alpha value is -4.18. The van der Waals surface area contributed by atoms with E-state index in [0.717, 1.165) is 0 Å². The number of aliphatic hydroxyl groups excluding tert-OH is 1. The highest BCUT2D eigenvalue weighted by molar-refractivity contribution is 6.36. The molecule has 3 saturated heterocycles. The van der Waals surface area contributed by atoms with E-state index >= 15 is 0 Å². The molecule has 2 aromatic rings. The van der Waals surface area contributed by atoms with Gasteiger partial charge in [0.15, 0.2) is 29.2 Å². The fraction of sp³-hybridized carbons (Fsp3) is 0.704. The molecule has 1 aromatic heterocycles. The summed E-state index contributed by atoms with van der Waals surface area (Å²) in [6, 6.07) is 4.42. The van der Waals surface area contributed by atoms with E-state index in [9.17, 15) is 29.1 Å². The number of nitrogens with one attached hydrogen (secondary N) is 2. The molecule has 3 aliphatic heterocycles. The predicted octanol–water partition coefficient (Wildman–Crippen LogP) is 6.67. The summed E-state index contributed by atoms with van der Waals surface area (Å²) < 4.78 is 55.4. The number of esters is 2. The Bertz CT molecular complexity index is 2240. The lowest BCUT2D eigenvalue weighted by molar-refractivity contribution is -0.297. The minimum absolute atomic E-state index is 0.0625. The highest BCUT2D eigenvalue weighted by atomic mass is 35.5. The molecule has 0 saturated carbocycles. The van der Waals surface area contributed by atoms with E-state index in [1.165, 1.54) is 26.6 Å². The van der Waals surface area contributed by atoms with Crippen LogP contribution in [0.25, 0.3) is 0 Å². The molecule has 75 heavy (non-hydrogen) atoms. The Kier molecular flexibility index (Phi) is 23.0. The third kappa shape index (κ3) is 15.5. The number of hydrogen-bond donors (Lipinski definition) is 3. The molecular weight excluding hydrogens is 1020 g/mol. The van der Waals surface area contributed by atoms with Crippen molar-refractivity contribution >= 4 is 52.8 Å². The second kappa shape index (κ2) is 27.9. The SMILES string of the molecule is CC[C@H]1OC(=O)[C@H](C)[C@@H](OC(=O)CN2CCOCC2)[C@H](C)[C@@H](O[C@@H]2O[C@H](C)C[C@H](NC)[C@H]2O)[C@](C)(OC)C[C@@H](C)C(=O)[C@H](C)[C@@H](C)[C@]1(C)OC(=O)NCCCOc1cc(C(=O)Cc2c(Cl)cncc2Cl)ccc1OC. The maximum Gasteiger partial charge on any atom is 0.407 e. The molecule has 21 heteroatoms. The Morgan fingerprint density at radius 1 is 0.973 bits per heavy atom. The molecule has 420 valence electrons. The summed E-state index contributed by atoms with van der Waals surface area (Å²) in [5.74, 6) is -5.18. The second-order valence-corrected chi connectivity index (χ2v) is 21.5. The van der Waals surface area contributed by atoms with E-state index in [1.807, 2.05) is 11.8 Å². The van der Waals surface area contributed by atoms with Crippen molar-refractivity contribution < 1.29 is 71.7 Å². The number of ether oxygens (including phenoxy) is 9. The molecule has 5 rings (SSSR count). The number of cyclic esters (lactones) is 1. The summed E-state index contributed by atoms with van der Waals surface area (Å²) in [4.78, 5) is 76.6. The number of ketones is 2. The zero-order valence-electron chi connectivity index (χ0n) is 45.6. The van der Waals surface area contributed by atoms with Crippen molar-refractivity contribution in [3.63, 3.8) is 0 Å². The van der Waals surface area contributed by atoms with E-state index in [-0.39, 0.29) is 72.7 Å². The first-order valence-electron chi connectivity index (χ1n) is 26.1. The molecule has 0 unspecified atom stereocenters. The lowest BCUT2D eigenvalue weighted by Crippen LogP contribution is -2.60. The van der Waals surface area contributed by atoms with Crippen LogP contribution in [0.4, 0.5) is 4.79 Å². The van der Waals surface area contributed by atoms with E-state index in [1.54, 1.807) is 80.6 Å². The van der Waals surface area contributed by atoms with E-state index in [4.69, 9.17) is 65.8 Å². The van der Waals surface area contributed by atoms with Crippen LogP contribution in [-0.4, -0.2) is 166 Å². The van der Waals surface area contributed by atoms with Crippen molar-refractivity contribution in [3.05, 3.63) is 51.8 Å². The van der Waals surface area contributed by atoms with E-state index in [0.29, 0.717) is 61.8 Å². The molecule has 0 spiro atoms. The third-order valence-corrected chi connectivity index (χ3v) is 16.1. The number of morpholine rings is 1. The number of hydrogen-bond acceptors (Lipinski definition) is 18. The quantitative estimate of drug-likeness (QED) is 0.0613. The van der Waals surface area contributed by atoms with E-state index < -0.39 is 89.5 Å². The lowest BCUT2D eigenvalue weighted by atomic mass is 9.71. The van der Waals surface area contributed by atoms with Gasteiger partial charge in [-0.3, -0.25) is 29.1 Å². The van der Waals surface area contributed by atoms with Crippen molar-refractivity contribution in [1.82, 2.24) is 20.5 Å².